The number of rotatable bonds is 6. The Bertz CT molecular complexity index is 522. The molecule has 1 aromatic carbocycles. The van der Waals surface area contributed by atoms with Crippen LogP contribution in [0.5, 0.6) is 0 Å². The Morgan fingerprint density at radius 1 is 1.05 bits per heavy atom. The molecule has 4 nitrogen and oxygen atoms in total. The molecule has 0 amide bonds. The highest BCUT2D eigenvalue weighted by molar-refractivity contribution is 7.89. The molecule has 0 atom stereocenters. The highest BCUT2D eigenvalue weighted by Crippen LogP contribution is 2.11. The third-order valence-electron chi connectivity index (χ3n) is 3.83. The van der Waals surface area contributed by atoms with Crippen molar-refractivity contribution >= 4 is 21.6 Å². The first kappa shape index (κ1) is 16.7. The van der Waals surface area contributed by atoms with Crippen molar-refractivity contribution in [1.82, 2.24) is 9.21 Å². The zero-order valence-corrected chi connectivity index (χ0v) is 13.8. The van der Waals surface area contributed by atoms with Crippen molar-refractivity contribution in [3.63, 3.8) is 0 Å². The van der Waals surface area contributed by atoms with Gasteiger partial charge in [0.2, 0.25) is 10.0 Å². The van der Waals surface area contributed by atoms with Crippen LogP contribution in [0.1, 0.15) is 12.0 Å². The minimum absolute atomic E-state index is 0.187. The van der Waals surface area contributed by atoms with Gasteiger partial charge in [0.15, 0.2) is 0 Å². The Balaban J connectivity index is 1.90. The summed E-state index contributed by atoms with van der Waals surface area (Å²) in [6.45, 7) is 3.73. The fraction of sp³-hybridized carbons (Fsp3) is 0.600. The molecule has 0 unspecified atom stereocenters. The Hall–Kier alpha value is -0.620. The summed E-state index contributed by atoms with van der Waals surface area (Å²) in [4.78, 5) is 2.24. The molecule has 1 saturated heterocycles. The zero-order chi connectivity index (χ0) is 15.1. The largest absolute Gasteiger partial charge is 0.301 e. The normalized spacial score (nSPS) is 18.5. The Labute approximate surface area is 132 Å². The lowest BCUT2D eigenvalue weighted by Crippen LogP contribution is -2.37. The summed E-state index contributed by atoms with van der Waals surface area (Å²) < 4.78 is 26.6. The molecule has 0 radical (unpaired) electrons. The number of halogens is 1. The van der Waals surface area contributed by atoms with Gasteiger partial charge in [-0.05, 0) is 24.9 Å². The number of alkyl halides is 1. The van der Waals surface area contributed by atoms with E-state index < -0.39 is 10.0 Å². The van der Waals surface area contributed by atoms with E-state index in [4.69, 9.17) is 11.6 Å². The van der Waals surface area contributed by atoms with Gasteiger partial charge in [-0.3, -0.25) is 0 Å². The molecule has 1 heterocycles. The molecule has 118 valence electrons. The third kappa shape index (κ3) is 5.25. The first-order valence-electron chi connectivity index (χ1n) is 7.42. The first-order valence-corrected chi connectivity index (χ1v) is 9.56. The molecular formula is C15H23ClN2O2S. The lowest BCUT2D eigenvalue weighted by atomic mass is 10.2. The first-order chi connectivity index (χ1) is 10.1. The Kier molecular flexibility index (Phi) is 6.48. The predicted octanol–water partition coefficient (Wildman–Crippen LogP) is 1.81. The van der Waals surface area contributed by atoms with Crippen LogP contribution in [-0.4, -0.2) is 62.0 Å². The molecule has 1 fully saturated rings. The number of nitrogens with zero attached hydrogens (tertiary/aromatic N) is 2. The van der Waals surface area contributed by atoms with Crippen molar-refractivity contribution in [3.05, 3.63) is 35.9 Å². The van der Waals surface area contributed by atoms with Crippen molar-refractivity contribution in [2.24, 2.45) is 0 Å². The molecule has 1 aliphatic heterocycles. The summed E-state index contributed by atoms with van der Waals surface area (Å²) in [5, 5.41) is 0. The highest BCUT2D eigenvalue weighted by Gasteiger charge is 2.24. The van der Waals surface area contributed by atoms with Gasteiger partial charge in [-0.1, -0.05) is 30.3 Å². The fourth-order valence-corrected chi connectivity index (χ4v) is 4.35. The van der Waals surface area contributed by atoms with E-state index in [0.29, 0.717) is 25.4 Å². The number of aryl methyl sites for hydroxylation is 1. The number of sulfonamides is 1. The van der Waals surface area contributed by atoms with Crippen LogP contribution in [0.4, 0.5) is 0 Å². The van der Waals surface area contributed by atoms with Gasteiger partial charge in [-0.2, -0.15) is 0 Å². The number of hydrogen-bond acceptors (Lipinski definition) is 3. The van der Waals surface area contributed by atoms with Gasteiger partial charge in [0, 0.05) is 32.1 Å². The van der Waals surface area contributed by atoms with E-state index in [9.17, 15) is 8.42 Å². The summed E-state index contributed by atoms with van der Waals surface area (Å²) in [5.74, 6) is 0.785. The molecule has 0 bridgehead atoms. The molecule has 1 aliphatic rings. The van der Waals surface area contributed by atoms with Crippen LogP contribution in [-0.2, 0) is 16.4 Å². The van der Waals surface area contributed by atoms with Gasteiger partial charge in [0.05, 0.1) is 5.75 Å². The van der Waals surface area contributed by atoms with E-state index >= 15 is 0 Å². The fourth-order valence-electron chi connectivity index (χ4n) is 2.59. The summed E-state index contributed by atoms with van der Waals surface area (Å²) in [7, 11) is -3.17. The van der Waals surface area contributed by atoms with E-state index in [0.717, 1.165) is 31.6 Å². The standard InChI is InChI=1S/C15H23ClN2O2S/c16-8-11-17-9-4-10-18(13-12-17)21(19,20)14-7-15-5-2-1-3-6-15/h1-3,5-6H,4,7-14H2. The van der Waals surface area contributed by atoms with E-state index in [-0.39, 0.29) is 5.75 Å². The number of benzene rings is 1. The van der Waals surface area contributed by atoms with Gasteiger partial charge in [0.25, 0.3) is 0 Å². The molecular weight excluding hydrogens is 308 g/mol. The SMILES string of the molecule is O=S(=O)(CCc1ccccc1)N1CCCN(CCCl)CC1. The van der Waals surface area contributed by atoms with Crippen molar-refractivity contribution < 1.29 is 8.42 Å². The van der Waals surface area contributed by atoms with Crippen molar-refractivity contribution in [3.8, 4) is 0 Å². The van der Waals surface area contributed by atoms with Crippen LogP contribution in [0, 0.1) is 0 Å². The Morgan fingerprint density at radius 3 is 2.52 bits per heavy atom. The average molecular weight is 331 g/mol. The molecule has 0 aliphatic carbocycles. The summed E-state index contributed by atoms with van der Waals surface area (Å²) in [6.07, 6.45) is 1.45. The minimum Gasteiger partial charge on any atom is -0.301 e. The minimum atomic E-state index is -3.17. The molecule has 0 spiro atoms. The number of hydrogen-bond donors (Lipinski definition) is 0. The van der Waals surface area contributed by atoms with Gasteiger partial charge < -0.3 is 4.90 Å². The van der Waals surface area contributed by atoms with E-state index in [1.165, 1.54) is 0 Å². The quantitative estimate of drug-likeness (QED) is 0.747. The van der Waals surface area contributed by atoms with Crippen LogP contribution in [0.25, 0.3) is 0 Å². The second-order valence-electron chi connectivity index (χ2n) is 5.33. The predicted molar refractivity (Wildman–Crippen MR) is 87.3 cm³/mol. The lowest BCUT2D eigenvalue weighted by Gasteiger charge is -2.21. The average Bonchev–Trinajstić information content (AvgIpc) is 2.73. The highest BCUT2D eigenvalue weighted by atomic mass is 35.5. The third-order valence-corrected chi connectivity index (χ3v) is 5.87. The molecule has 0 N–H and O–H groups in total. The van der Waals surface area contributed by atoms with Crippen molar-refractivity contribution in [1.29, 1.82) is 0 Å². The van der Waals surface area contributed by atoms with Crippen LogP contribution in [0.15, 0.2) is 30.3 Å². The van der Waals surface area contributed by atoms with E-state index in [2.05, 4.69) is 4.90 Å². The monoisotopic (exact) mass is 330 g/mol. The molecule has 0 aromatic heterocycles. The zero-order valence-electron chi connectivity index (χ0n) is 12.2. The van der Waals surface area contributed by atoms with Gasteiger partial charge in [0.1, 0.15) is 0 Å². The van der Waals surface area contributed by atoms with Crippen molar-refractivity contribution in [2.75, 3.05) is 44.4 Å². The molecule has 0 saturated carbocycles. The van der Waals surface area contributed by atoms with Crippen molar-refractivity contribution in [2.45, 2.75) is 12.8 Å². The second kappa shape index (κ2) is 8.13. The van der Waals surface area contributed by atoms with Gasteiger partial charge >= 0.3 is 0 Å². The smallest absolute Gasteiger partial charge is 0.214 e. The van der Waals surface area contributed by atoms with Crippen LogP contribution >= 0.6 is 11.6 Å². The summed E-state index contributed by atoms with van der Waals surface area (Å²) in [6, 6.07) is 9.77. The lowest BCUT2D eigenvalue weighted by molar-refractivity contribution is 0.303. The van der Waals surface area contributed by atoms with Crippen LogP contribution in [0.2, 0.25) is 0 Å². The second-order valence-corrected chi connectivity index (χ2v) is 7.80. The summed E-state index contributed by atoms with van der Waals surface area (Å²) in [5.41, 5.74) is 1.07. The maximum atomic E-state index is 12.5. The van der Waals surface area contributed by atoms with Crippen LogP contribution in [0.3, 0.4) is 0 Å². The molecule has 2 rings (SSSR count). The van der Waals surface area contributed by atoms with Gasteiger partial charge in [-0.15, -0.1) is 11.6 Å². The summed E-state index contributed by atoms with van der Waals surface area (Å²) >= 11 is 5.76. The Morgan fingerprint density at radius 2 is 1.81 bits per heavy atom. The molecule has 21 heavy (non-hydrogen) atoms. The molecule has 1 aromatic rings. The maximum Gasteiger partial charge on any atom is 0.214 e. The van der Waals surface area contributed by atoms with E-state index in [1.807, 2.05) is 30.3 Å². The van der Waals surface area contributed by atoms with Crippen LogP contribution < -0.4 is 0 Å². The van der Waals surface area contributed by atoms with Gasteiger partial charge in [-0.25, -0.2) is 12.7 Å². The maximum absolute atomic E-state index is 12.5. The molecule has 6 heteroatoms. The van der Waals surface area contributed by atoms with E-state index in [1.54, 1.807) is 4.31 Å². The topological polar surface area (TPSA) is 40.6 Å².